The van der Waals surface area contributed by atoms with E-state index >= 15 is 0 Å². The van der Waals surface area contributed by atoms with E-state index in [0.29, 0.717) is 13.1 Å². The second kappa shape index (κ2) is 9.39. The van der Waals surface area contributed by atoms with E-state index < -0.39 is 5.92 Å². The Bertz CT molecular complexity index is 1170. The van der Waals surface area contributed by atoms with Crippen molar-refractivity contribution in [3.05, 3.63) is 69.6 Å². The van der Waals surface area contributed by atoms with Crippen molar-refractivity contribution in [3.8, 4) is 5.75 Å². The number of fused-ring (bicyclic) bond motifs is 4. The van der Waals surface area contributed by atoms with Crippen molar-refractivity contribution in [3.63, 3.8) is 0 Å². The lowest BCUT2D eigenvalue weighted by Crippen LogP contribution is -2.46. The number of para-hydroxylation sites is 1. The maximum atomic E-state index is 13.6. The Morgan fingerprint density at radius 1 is 1.15 bits per heavy atom. The fraction of sp³-hybridized carbons (Fsp3) is 0.481. The molecule has 2 aromatic rings. The third kappa shape index (κ3) is 3.67. The molecule has 7 heteroatoms. The Labute approximate surface area is 199 Å². The summed E-state index contributed by atoms with van der Waals surface area (Å²) in [5, 5.41) is 10.4. The molecular weight excluding hydrogens is 432 g/mol. The first-order valence-corrected chi connectivity index (χ1v) is 12.1. The van der Waals surface area contributed by atoms with Crippen LogP contribution in [0.4, 0.5) is 0 Å². The number of esters is 1. The number of benzene rings is 1. The van der Waals surface area contributed by atoms with Crippen molar-refractivity contribution >= 4 is 11.5 Å². The first kappa shape index (κ1) is 22.9. The Morgan fingerprint density at radius 3 is 2.68 bits per heavy atom. The summed E-state index contributed by atoms with van der Waals surface area (Å²) >= 11 is 0. The van der Waals surface area contributed by atoms with Gasteiger partial charge in [-0.2, -0.15) is 0 Å². The Morgan fingerprint density at radius 2 is 1.97 bits per heavy atom. The molecule has 34 heavy (non-hydrogen) atoms. The highest BCUT2D eigenvalue weighted by atomic mass is 16.5. The Kier molecular flexibility index (Phi) is 6.32. The van der Waals surface area contributed by atoms with Gasteiger partial charge in [0, 0.05) is 48.5 Å². The molecule has 3 heterocycles. The van der Waals surface area contributed by atoms with E-state index in [1.165, 1.54) is 7.11 Å². The first-order valence-electron chi connectivity index (χ1n) is 12.1. The molecule has 0 unspecified atom stereocenters. The average molecular weight is 465 g/mol. The maximum absolute atomic E-state index is 13.6. The zero-order valence-electron chi connectivity index (χ0n) is 19.8. The molecule has 2 aliphatic heterocycles. The van der Waals surface area contributed by atoms with Crippen molar-refractivity contribution in [2.75, 3.05) is 20.8 Å². The van der Waals surface area contributed by atoms with Gasteiger partial charge in [0.1, 0.15) is 5.75 Å². The molecule has 1 N–H and O–H groups in total. The van der Waals surface area contributed by atoms with E-state index in [-0.39, 0.29) is 36.1 Å². The van der Waals surface area contributed by atoms with Crippen LogP contribution in [0.2, 0.25) is 0 Å². The van der Waals surface area contributed by atoms with Gasteiger partial charge in [-0.25, -0.2) is 0 Å². The largest absolute Gasteiger partial charge is 0.496 e. The molecule has 0 radical (unpaired) electrons. The number of allylic oxidation sites excluding steroid dienone is 2. The van der Waals surface area contributed by atoms with Crippen LogP contribution in [0.15, 0.2) is 47.3 Å². The maximum Gasteiger partial charge on any atom is 0.311 e. The van der Waals surface area contributed by atoms with E-state index in [9.17, 15) is 14.7 Å². The average Bonchev–Trinajstić information content (AvgIpc) is 3.08. The van der Waals surface area contributed by atoms with Crippen molar-refractivity contribution in [1.82, 2.24) is 9.47 Å². The zero-order chi connectivity index (χ0) is 23.8. The number of rotatable bonds is 6. The number of aromatic nitrogens is 1. The summed E-state index contributed by atoms with van der Waals surface area (Å²) in [5.74, 6) is -0.456. The molecule has 5 rings (SSSR count). The Balaban J connectivity index is 1.61. The Hall–Kier alpha value is -2.90. The fourth-order valence-electron chi connectivity index (χ4n) is 6.20. The van der Waals surface area contributed by atoms with Crippen LogP contribution in [-0.4, -0.2) is 47.4 Å². The number of hydrogen-bond acceptors (Lipinski definition) is 6. The molecule has 3 aliphatic rings. The monoisotopic (exact) mass is 464 g/mol. The number of carbonyl (C=O) groups is 1. The predicted octanol–water partition coefficient (Wildman–Crippen LogP) is 3.15. The summed E-state index contributed by atoms with van der Waals surface area (Å²) in [6.07, 6.45) is 6.38. The lowest BCUT2D eigenvalue weighted by Gasteiger charge is -2.38. The topological polar surface area (TPSA) is 81.0 Å². The molecule has 1 fully saturated rings. The number of ether oxygens (including phenoxy) is 2. The molecule has 180 valence electrons. The predicted molar refractivity (Wildman–Crippen MR) is 128 cm³/mol. The van der Waals surface area contributed by atoms with Crippen LogP contribution in [0.25, 0.3) is 5.57 Å². The second-order valence-electron chi connectivity index (χ2n) is 9.45. The van der Waals surface area contributed by atoms with E-state index in [0.717, 1.165) is 53.8 Å². The number of methoxy groups -OCH3 is 2. The van der Waals surface area contributed by atoms with E-state index in [4.69, 9.17) is 9.47 Å². The van der Waals surface area contributed by atoms with E-state index in [2.05, 4.69) is 11.0 Å². The highest BCUT2D eigenvalue weighted by Gasteiger charge is 2.56. The molecule has 1 saturated heterocycles. The summed E-state index contributed by atoms with van der Waals surface area (Å²) in [4.78, 5) is 28.9. The molecule has 1 aromatic carbocycles. The van der Waals surface area contributed by atoms with E-state index in [1.54, 1.807) is 7.11 Å². The minimum Gasteiger partial charge on any atom is -0.496 e. The number of pyridine rings is 1. The van der Waals surface area contributed by atoms with Gasteiger partial charge in [-0.05, 0) is 49.5 Å². The first-order chi connectivity index (χ1) is 16.6. The number of aliphatic hydroxyl groups excluding tert-OH is 1. The SMILES string of the molecule is COC(=O)[C@H]1[C@H](CO)[C@H]2Cn3c(ccc(C4=CCCCC4)c3=O)[C@@H]1N2Cc1ccccc1OC. The van der Waals surface area contributed by atoms with Crippen LogP contribution in [0.5, 0.6) is 5.75 Å². The molecule has 0 amide bonds. The summed E-state index contributed by atoms with van der Waals surface area (Å²) in [6.45, 7) is 0.828. The van der Waals surface area contributed by atoms with Crippen LogP contribution in [0, 0.1) is 11.8 Å². The number of hydrogen-bond donors (Lipinski definition) is 1. The highest BCUT2D eigenvalue weighted by molar-refractivity contribution is 5.75. The number of carbonyl (C=O) groups excluding carboxylic acids is 1. The summed E-state index contributed by atoms with van der Waals surface area (Å²) in [7, 11) is 3.03. The summed E-state index contributed by atoms with van der Waals surface area (Å²) < 4.78 is 12.6. The van der Waals surface area contributed by atoms with Crippen molar-refractivity contribution < 1.29 is 19.4 Å². The van der Waals surface area contributed by atoms with Gasteiger partial charge in [0.15, 0.2) is 0 Å². The third-order valence-electron chi connectivity index (χ3n) is 7.83. The molecule has 2 bridgehead atoms. The summed E-state index contributed by atoms with van der Waals surface area (Å²) in [6, 6.07) is 11.2. The number of aliphatic hydroxyl groups is 1. The van der Waals surface area contributed by atoms with Gasteiger partial charge >= 0.3 is 5.97 Å². The highest BCUT2D eigenvalue weighted by Crippen LogP contribution is 2.49. The normalized spacial score (nSPS) is 26.0. The van der Waals surface area contributed by atoms with Gasteiger partial charge in [-0.15, -0.1) is 0 Å². The lowest BCUT2D eigenvalue weighted by atomic mass is 9.87. The van der Waals surface area contributed by atoms with Crippen LogP contribution in [0.1, 0.15) is 48.5 Å². The van der Waals surface area contributed by atoms with Crippen LogP contribution < -0.4 is 10.3 Å². The smallest absolute Gasteiger partial charge is 0.311 e. The van der Waals surface area contributed by atoms with Gasteiger partial charge in [0.05, 0.1) is 26.2 Å². The molecule has 1 aromatic heterocycles. The van der Waals surface area contributed by atoms with Gasteiger partial charge < -0.3 is 19.1 Å². The standard InChI is InChI=1S/C27H32N2O5/c1-33-23-11-7-6-10-18(23)14-28-22-15-29-21(25(28)24(20(22)16-30)27(32)34-2)13-12-19(26(29)31)17-8-4-3-5-9-17/h6-8,10-13,20,22,24-25,30H,3-5,9,14-16H2,1-2H3/t20-,22-,24+,25+/m1/s1. The van der Waals surface area contributed by atoms with Crippen LogP contribution in [-0.2, 0) is 22.6 Å². The van der Waals surface area contributed by atoms with Gasteiger partial charge in [0.25, 0.3) is 5.56 Å². The van der Waals surface area contributed by atoms with Crippen molar-refractivity contribution in [2.24, 2.45) is 11.8 Å². The minimum atomic E-state index is -0.553. The van der Waals surface area contributed by atoms with Crippen LogP contribution >= 0.6 is 0 Å². The van der Waals surface area contributed by atoms with Gasteiger partial charge in [0.2, 0.25) is 0 Å². The third-order valence-corrected chi connectivity index (χ3v) is 7.83. The fourth-order valence-corrected chi connectivity index (χ4v) is 6.20. The zero-order valence-corrected chi connectivity index (χ0v) is 19.8. The molecule has 0 spiro atoms. The summed E-state index contributed by atoms with van der Waals surface area (Å²) in [5.41, 5.74) is 3.69. The van der Waals surface area contributed by atoms with Crippen LogP contribution in [0.3, 0.4) is 0 Å². The van der Waals surface area contributed by atoms with E-state index in [1.807, 2.05) is 41.0 Å². The quantitative estimate of drug-likeness (QED) is 0.662. The minimum absolute atomic E-state index is 0.000188. The van der Waals surface area contributed by atoms with Crippen molar-refractivity contribution in [1.29, 1.82) is 0 Å². The molecule has 7 nitrogen and oxygen atoms in total. The van der Waals surface area contributed by atoms with Gasteiger partial charge in [-0.1, -0.05) is 24.3 Å². The molecule has 1 aliphatic carbocycles. The molecular formula is C27H32N2O5. The van der Waals surface area contributed by atoms with Gasteiger partial charge in [-0.3, -0.25) is 14.5 Å². The van der Waals surface area contributed by atoms with Crippen molar-refractivity contribution in [2.45, 2.75) is 50.9 Å². The second-order valence-corrected chi connectivity index (χ2v) is 9.45. The molecule has 4 atom stereocenters. The lowest BCUT2D eigenvalue weighted by molar-refractivity contribution is -0.148. The molecule has 0 saturated carbocycles. The number of nitrogens with zero attached hydrogens (tertiary/aromatic N) is 2.